The molecule has 0 amide bonds. The first-order valence-corrected chi connectivity index (χ1v) is 7.21. The molecular weight excluding hydrogens is 256 g/mol. The lowest BCUT2D eigenvalue weighted by Crippen LogP contribution is -2.46. The number of hydrogen-bond donors (Lipinski definition) is 0. The van der Waals surface area contributed by atoms with Crippen molar-refractivity contribution in [3.05, 3.63) is 35.3 Å². The Hall–Kier alpha value is -1.23. The molecule has 0 aliphatic carbocycles. The maximum absolute atomic E-state index is 12.4. The van der Waals surface area contributed by atoms with Crippen molar-refractivity contribution < 1.29 is 5.21 Å². The summed E-state index contributed by atoms with van der Waals surface area (Å²) in [5.74, 6) is 0. The highest BCUT2D eigenvalue weighted by atomic mass is 32.1. The van der Waals surface area contributed by atoms with Crippen LogP contribution in [0, 0.1) is 0 Å². The molecule has 0 fully saturated rings. The molecule has 1 aliphatic rings. The minimum absolute atomic E-state index is 0.476. The van der Waals surface area contributed by atoms with Gasteiger partial charge in [-0.15, -0.1) is 21.6 Å². The molecule has 0 bridgehead atoms. The topological polar surface area (TPSA) is 36.0 Å². The van der Waals surface area contributed by atoms with Gasteiger partial charge in [-0.05, 0) is 39.8 Å². The van der Waals surface area contributed by atoms with Crippen LogP contribution in [0.2, 0.25) is 0 Å². The lowest BCUT2D eigenvalue weighted by Gasteiger charge is -2.33. The highest BCUT2D eigenvalue weighted by molar-refractivity contribution is 7.19. The molecule has 0 atom stereocenters. The fourth-order valence-electron chi connectivity index (χ4n) is 2.73. The minimum atomic E-state index is -0.530. The predicted octanol–water partition coefficient (Wildman–Crippen LogP) is 3.90. The molecule has 0 saturated heterocycles. The fraction of sp³-hybridized carbons (Fsp3) is 0.400. The van der Waals surface area contributed by atoms with Gasteiger partial charge in [-0.25, -0.2) is 4.98 Å². The summed E-state index contributed by atoms with van der Waals surface area (Å²) in [6.07, 6.45) is 2.05. The van der Waals surface area contributed by atoms with Gasteiger partial charge in [-0.2, -0.15) is 0 Å². The van der Waals surface area contributed by atoms with E-state index in [9.17, 15) is 5.21 Å². The summed E-state index contributed by atoms with van der Waals surface area (Å²) in [4.78, 5) is 4.68. The standard InChI is InChI=1S/C15H17N2OS/c1-14(2)9-10(15(3,4)17(14)18)13-16-11-7-5-6-8-12(11)19-13/h5-9H,1-4H3. The number of fused-ring (bicyclic) bond motifs is 1. The van der Waals surface area contributed by atoms with E-state index >= 15 is 0 Å². The van der Waals surface area contributed by atoms with Gasteiger partial charge in [0.1, 0.15) is 5.01 Å². The lowest BCUT2D eigenvalue weighted by atomic mass is 9.97. The smallest absolute Gasteiger partial charge is 0.122 e. The first-order valence-electron chi connectivity index (χ1n) is 6.39. The normalized spacial score (nSPS) is 21.8. The molecule has 1 aliphatic heterocycles. The summed E-state index contributed by atoms with van der Waals surface area (Å²) in [7, 11) is 0. The van der Waals surface area contributed by atoms with Crippen LogP contribution in [-0.4, -0.2) is 21.1 Å². The van der Waals surface area contributed by atoms with Crippen molar-refractivity contribution in [1.82, 2.24) is 10.0 Å². The number of thiazole rings is 1. The Balaban J connectivity index is 2.16. The Kier molecular flexibility index (Phi) is 2.61. The zero-order valence-corrected chi connectivity index (χ0v) is 12.4. The summed E-state index contributed by atoms with van der Waals surface area (Å²) in [5, 5.41) is 14.5. The van der Waals surface area contributed by atoms with Crippen LogP contribution >= 0.6 is 11.3 Å². The first-order chi connectivity index (χ1) is 8.82. The van der Waals surface area contributed by atoms with Crippen LogP contribution in [0.3, 0.4) is 0 Å². The highest BCUT2D eigenvalue weighted by Crippen LogP contribution is 2.45. The van der Waals surface area contributed by atoms with E-state index in [2.05, 4.69) is 17.1 Å². The molecule has 2 aromatic rings. The third kappa shape index (κ3) is 1.83. The quantitative estimate of drug-likeness (QED) is 0.790. The summed E-state index contributed by atoms with van der Waals surface area (Å²) in [6.45, 7) is 7.82. The zero-order chi connectivity index (χ0) is 13.8. The van der Waals surface area contributed by atoms with Gasteiger partial charge in [0.05, 0.1) is 21.3 Å². The Labute approximate surface area is 117 Å². The number of hydrogen-bond acceptors (Lipinski definition) is 3. The van der Waals surface area contributed by atoms with Crippen molar-refractivity contribution in [2.45, 2.75) is 38.8 Å². The Bertz CT molecular complexity index is 637. The van der Waals surface area contributed by atoms with Crippen molar-refractivity contribution in [2.75, 3.05) is 0 Å². The van der Waals surface area contributed by atoms with Gasteiger partial charge in [-0.3, -0.25) is 0 Å². The SMILES string of the molecule is CC1(C)C=C(c2nc3ccccc3s2)C(C)(C)N1[O]. The van der Waals surface area contributed by atoms with Crippen LogP contribution < -0.4 is 0 Å². The van der Waals surface area contributed by atoms with Crippen LogP contribution in [0.15, 0.2) is 30.3 Å². The summed E-state index contributed by atoms with van der Waals surface area (Å²) in [6, 6.07) is 8.09. The van der Waals surface area contributed by atoms with Crippen LogP contribution in [0.4, 0.5) is 0 Å². The van der Waals surface area contributed by atoms with E-state index < -0.39 is 11.1 Å². The lowest BCUT2D eigenvalue weighted by molar-refractivity contribution is -0.234. The monoisotopic (exact) mass is 273 g/mol. The Morgan fingerprint density at radius 2 is 1.84 bits per heavy atom. The van der Waals surface area contributed by atoms with Crippen LogP contribution in [0.1, 0.15) is 32.7 Å². The van der Waals surface area contributed by atoms with E-state index in [1.165, 1.54) is 5.06 Å². The van der Waals surface area contributed by atoms with Crippen molar-refractivity contribution >= 4 is 27.1 Å². The Morgan fingerprint density at radius 1 is 1.16 bits per heavy atom. The fourth-order valence-corrected chi connectivity index (χ4v) is 3.86. The molecule has 0 spiro atoms. The second-order valence-corrected chi connectivity index (χ2v) is 7.08. The third-order valence-electron chi connectivity index (χ3n) is 3.71. The molecular formula is C15H17N2OS. The molecule has 0 N–H and O–H groups in total. The zero-order valence-electron chi connectivity index (χ0n) is 11.6. The number of nitrogens with zero attached hydrogens (tertiary/aromatic N) is 2. The van der Waals surface area contributed by atoms with E-state index in [1.807, 2.05) is 45.9 Å². The number of benzene rings is 1. The summed E-state index contributed by atoms with van der Waals surface area (Å²) < 4.78 is 1.16. The molecule has 1 aromatic carbocycles. The molecule has 0 saturated carbocycles. The van der Waals surface area contributed by atoms with Gasteiger partial charge in [0.2, 0.25) is 0 Å². The molecule has 1 aromatic heterocycles. The third-order valence-corrected chi connectivity index (χ3v) is 4.78. The van der Waals surface area contributed by atoms with Crippen LogP contribution in [-0.2, 0) is 5.21 Å². The van der Waals surface area contributed by atoms with Crippen molar-refractivity contribution in [1.29, 1.82) is 0 Å². The van der Waals surface area contributed by atoms with Crippen LogP contribution in [0.25, 0.3) is 15.8 Å². The van der Waals surface area contributed by atoms with E-state index in [0.29, 0.717) is 0 Å². The summed E-state index contributed by atoms with van der Waals surface area (Å²) in [5.41, 5.74) is 1.03. The second-order valence-electron chi connectivity index (χ2n) is 6.05. The molecule has 4 heteroatoms. The van der Waals surface area contributed by atoms with Crippen molar-refractivity contribution in [3.8, 4) is 0 Å². The maximum Gasteiger partial charge on any atom is 0.122 e. The average Bonchev–Trinajstić information content (AvgIpc) is 2.83. The number of aromatic nitrogens is 1. The van der Waals surface area contributed by atoms with E-state index in [1.54, 1.807) is 11.3 Å². The van der Waals surface area contributed by atoms with E-state index in [0.717, 1.165) is 20.8 Å². The van der Waals surface area contributed by atoms with Gasteiger partial charge in [-0.1, -0.05) is 18.2 Å². The van der Waals surface area contributed by atoms with E-state index in [4.69, 9.17) is 0 Å². The summed E-state index contributed by atoms with van der Waals surface area (Å²) >= 11 is 1.65. The second kappa shape index (κ2) is 3.88. The maximum atomic E-state index is 12.4. The molecule has 0 unspecified atom stereocenters. The average molecular weight is 273 g/mol. The Morgan fingerprint density at radius 3 is 2.42 bits per heavy atom. The van der Waals surface area contributed by atoms with Gasteiger partial charge >= 0.3 is 0 Å². The van der Waals surface area contributed by atoms with Gasteiger partial charge in [0, 0.05) is 5.57 Å². The van der Waals surface area contributed by atoms with Gasteiger partial charge in [0.25, 0.3) is 0 Å². The van der Waals surface area contributed by atoms with Crippen molar-refractivity contribution in [3.63, 3.8) is 0 Å². The molecule has 3 rings (SSSR count). The van der Waals surface area contributed by atoms with Gasteiger partial charge < -0.3 is 0 Å². The number of para-hydroxylation sites is 1. The van der Waals surface area contributed by atoms with Crippen LogP contribution in [0.5, 0.6) is 0 Å². The molecule has 99 valence electrons. The minimum Gasteiger partial charge on any atom is -0.236 e. The van der Waals surface area contributed by atoms with Gasteiger partial charge in [0.15, 0.2) is 0 Å². The number of rotatable bonds is 1. The highest BCUT2D eigenvalue weighted by Gasteiger charge is 2.47. The largest absolute Gasteiger partial charge is 0.236 e. The molecule has 2 heterocycles. The number of hydroxylamine groups is 2. The van der Waals surface area contributed by atoms with Crippen molar-refractivity contribution in [2.24, 2.45) is 0 Å². The van der Waals surface area contributed by atoms with E-state index in [-0.39, 0.29) is 0 Å². The predicted molar refractivity (Wildman–Crippen MR) is 78.3 cm³/mol. The molecule has 19 heavy (non-hydrogen) atoms. The molecule has 1 radical (unpaired) electrons. The molecule has 3 nitrogen and oxygen atoms in total. The first kappa shape index (κ1) is 12.8.